The minimum atomic E-state index is 0.774. The second-order valence-corrected chi connectivity index (χ2v) is 5.14. The number of nitrogens with zero attached hydrogens (tertiary/aromatic N) is 4. The van der Waals surface area contributed by atoms with Crippen molar-refractivity contribution in [3.63, 3.8) is 0 Å². The molecule has 0 radical (unpaired) electrons. The van der Waals surface area contributed by atoms with E-state index >= 15 is 0 Å². The monoisotopic (exact) mass is 281 g/mol. The summed E-state index contributed by atoms with van der Waals surface area (Å²) in [6.07, 6.45) is 4.37. The molecule has 0 aliphatic carbocycles. The molecule has 2 aromatic heterocycles. The van der Waals surface area contributed by atoms with Crippen molar-refractivity contribution < 1.29 is 4.74 Å². The standard InChI is InChI=1S/C15H15N5O/c1-21-12-3-2-10-4-5-20(8-11(10)6-12)15-13-7-18-19-14(13)16-9-17-15/h2-3,6-7,9H,4-5,8H2,1H3,(H,16,17,18,19). The first-order valence-corrected chi connectivity index (χ1v) is 6.90. The average Bonchev–Trinajstić information content (AvgIpc) is 3.02. The Hall–Kier alpha value is -2.63. The lowest BCUT2D eigenvalue weighted by Gasteiger charge is -2.30. The summed E-state index contributed by atoms with van der Waals surface area (Å²) in [7, 11) is 1.70. The average molecular weight is 281 g/mol. The van der Waals surface area contributed by atoms with Gasteiger partial charge in [0.1, 0.15) is 17.9 Å². The lowest BCUT2D eigenvalue weighted by molar-refractivity contribution is 0.413. The molecule has 0 saturated carbocycles. The fraction of sp³-hybridized carbons (Fsp3) is 0.267. The summed E-state index contributed by atoms with van der Waals surface area (Å²) in [5.41, 5.74) is 3.44. The highest BCUT2D eigenvalue weighted by Gasteiger charge is 2.20. The molecule has 106 valence electrons. The van der Waals surface area contributed by atoms with Crippen molar-refractivity contribution in [1.82, 2.24) is 20.2 Å². The molecule has 0 bridgehead atoms. The molecule has 0 fully saturated rings. The first-order valence-electron chi connectivity index (χ1n) is 6.90. The van der Waals surface area contributed by atoms with Gasteiger partial charge in [-0.1, -0.05) is 6.07 Å². The van der Waals surface area contributed by atoms with E-state index in [9.17, 15) is 0 Å². The van der Waals surface area contributed by atoms with Gasteiger partial charge < -0.3 is 9.64 Å². The minimum absolute atomic E-state index is 0.774. The number of anilines is 1. The fourth-order valence-corrected chi connectivity index (χ4v) is 2.85. The highest BCUT2D eigenvalue weighted by molar-refractivity contribution is 5.86. The van der Waals surface area contributed by atoms with Crippen LogP contribution >= 0.6 is 0 Å². The highest BCUT2D eigenvalue weighted by Crippen LogP contribution is 2.29. The number of benzene rings is 1. The molecular weight excluding hydrogens is 266 g/mol. The van der Waals surface area contributed by atoms with Crippen LogP contribution in [0, 0.1) is 0 Å². The molecule has 0 amide bonds. The van der Waals surface area contributed by atoms with Crippen molar-refractivity contribution in [2.75, 3.05) is 18.6 Å². The van der Waals surface area contributed by atoms with E-state index in [2.05, 4.69) is 37.2 Å². The van der Waals surface area contributed by atoms with E-state index in [0.717, 1.165) is 42.1 Å². The summed E-state index contributed by atoms with van der Waals surface area (Å²) in [5, 5.41) is 7.90. The topological polar surface area (TPSA) is 66.9 Å². The van der Waals surface area contributed by atoms with E-state index in [1.807, 2.05) is 6.07 Å². The summed E-state index contributed by atoms with van der Waals surface area (Å²) in [6, 6.07) is 6.28. The molecule has 3 aromatic rings. The number of ether oxygens (including phenoxy) is 1. The number of H-pyrrole nitrogens is 1. The van der Waals surface area contributed by atoms with Gasteiger partial charge in [0.15, 0.2) is 5.65 Å². The third-order valence-corrected chi connectivity index (χ3v) is 3.95. The van der Waals surface area contributed by atoms with Gasteiger partial charge in [0.05, 0.1) is 18.7 Å². The van der Waals surface area contributed by atoms with Crippen molar-refractivity contribution in [3.8, 4) is 5.75 Å². The first kappa shape index (κ1) is 12.1. The molecule has 1 N–H and O–H groups in total. The fourth-order valence-electron chi connectivity index (χ4n) is 2.85. The predicted octanol–water partition coefficient (Wildman–Crippen LogP) is 1.92. The molecule has 1 aliphatic rings. The van der Waals surface area contributed by atoms with Crippen LogP contribution < -0.4 is 9.64 Å². The lowest BCUT2D eigenvalue weighted by Crippen LogP contribution is -2.31. The number of methoxy groups -OCH3 is 1. The SMILES string of the molecule is COc1ccc2c(c1)CN(c1ncnc3[nH]ncc13)CC2. The normalized spacial score (nSPS) is 14.2. The zero-order chi connectivity index (χ0) is 14.2. The quantitative estimate of drug-likeness (QED) is 0.777. The van der Waals surface area contributed by atoms with Gasteiger partial charge in [-0.05, 0) is 29.7 Å². The maximum Gasteiger partial charge on any atom is 0.160 e. The molecule has 0 spiro atoms. The number of aromatic nitrogens is 4. The van der Waals surface area contributed by atoms with Crippen molar-refractivity contribution in [1.29, 1.82) is 0 Å². The van der Waals surface area contributed by atoms with Crippen LogP contribution in [-0.4, -0.2) is 33.8 Å². The Labute approximate surface area is 121 Å². The number of nitrogens with one attached hydrogen (secondary N) is 1. The maximum atomic E-state index is 5.32. The summed E-state index contributed by atoms with van der Waals surface area (Å²) < 4.78 is 5.32. The van der Waals surface area contributed by atoms with E-state index in [1.54, 1.807) is 19.6 Å². The molecule has 6 heteroatoms. The van der Waals surface area contributed by atoms with Gasteiger partial charge in [0, 0.05) is 13.1 Å². The van der Waals surface area contributed by atoms with Gasteiger partial charge in [0.25, 0.3) is 0 Å². The molecule has 21 heavy (non-hydrogen) atoms. The third-order valence-electron chi connectivity index (χ3n) is 3.95. The molecule has 1 aliphatic heterocycles. The minimum Gasteiger partial charge on any atom is -0.497 e. The van der Waals surface area contributed by atoms with Gasteiger partial charge in [0.2, 0.25) is 0 Å². The predicted molar refractivity (Wildman–Crippen MR) is 79.4 cm³/mol. The number of hydrogen-bond donors (Lipinski definition) is 1. The molecule has 6 nitrogen and oxygen atoms in total. The van der Waals surface area contributed by atoms with E-state index in [1.165, 1.54) is 11.1 Å². The molecular formula is C15H15N5O. The second kappa shape index (κ2) is 4.73. The smallest absolute Gasteiger partial charge is 0.160 e. The Morgan fingerprint density at radius 3 is 3.10 bits per heavy atom. The van der Waals surface area contributed by atoms with Gasteiger partial charge in [-0.25, -0.2) is 9.97 Å². The van der Waals surface area contributed by atoms with Gasteiger partial charge in [-0.2, -0.15) is 5.10 Å². The van der Waals surface area contributed by atoms with Crippen molar-refractivity contribution in [2.24, 2.45) is 0 Å². The summed E-state index contributed by atoms with van der Waals surface area (Å²) in [6.45, 7) is 1.76. The van der Waals surface area contributed by atoms with E-state index in [4.69, 9.17) is 4.74 Å². The second-order valence-electron chi connectivity index (χ2n) is 5.14. The number of fused-ring (bicyclic) bond motifs is 2. The third kappa shape index (κ3) is 1.99. The van der Waals surface area contributed by atoms with Gasteiger partial charge in [-0.15, -0.1) is 0 Å². The Balaban J connectivity index is 1.73. The summed E-state index contributed by atoms with van der Waals surface area (Å²) in [4.78, 5) is 10.9. The molecule has 0 saturated heterocycles. The van der Waals surface area contributed by atoms with E-state index in [0.29, 0.717) is 0 Å². The number of hydrogen-bond acceptors (Lipinski definition) is 5. The Bertz CT molecular complexity index is 798. The highest BCUT2D eigenvalue weighted by atomic mass is 16.5. The van der Waals surface area contributed by atoms with Crippen LogP contribution in [-0.2, 0) is 13.0 Å². The lowest BCUT2D eigenvalue weighted by atomic mass is 9.99. The van der Waals surface area contributed by atoms with Crippen LogP contribution in [0.2, 0.25) is 0 Å². The molecule has 1 aromatic carbocycles. The van der Waals surface area contributed by atoms with Crippen LogP contribution in [0.4, 0.5) is 5.82 Å². The Morgan fingerprint density at radius 2 is 2.19 bits per heavy atom. The number of rotatable bonds is 2. The molecule has 0 atom stereocenters. The van der Waals surface area contributed by atoms with Crippen LogP contribution in [0.1, 0.15) is 11.1 Å². The van der Waals surface area contributed by atoms with Crippen LogP contribution in [0.5, 0.6) is 5.75 Å². The molecule has 0 unspecified atom stereocenters. The van der Waals surface area contributed by atoms with Crippen LogP contribution in [0.25, 0.3) is 11.0 Å². The Morgan fingerprint density at radius 1 is 1.24 bits per heavy atom. The van der Waals surface area contributed by atoms with Crippen molar-refractivity contribution in [2.45, 2.75) is 13.0 Å². The van der Waals surface area contributed by atoms with Gasteiger partial charge >= 0.3 is 0 Å². The van der Waals surface area contributed by atoms with Gasteiger partial charge in [-0.3, -0.25) is 5.10 Å². The first-order chi connectivity index (χ1) is 10.3. The zero-order valence-electron chi connectivity index (χ0n) is 11.7. The largest absolute Gasteiger partial charge is 0.497 e. The van der Waals surface area contributed by atoms with E-state index in [-0.39, 0.29) is 0 Å². The summed E-state index contributed by atoms with van der Waals surface area (Å²) >= 11 is 0. The number of aromatic amines is 1. The van der Waals surface area contributed by atoms with Crippen LogP contribution in [0.15, 0.2) is 30.7 Å². The van der Waals surface area contributed by atoms with Crippen LogP contribution in [0.3, 0.4) is 0 Å². The van der Waals surface area contributed by atoms with Crippen molar-refractivity contribution in [3.05, 3.63) is 41.9 Å². The molecule has 4 rings (SSSR count). The Kier molecular flexibility index (Phi) is 2.73. The van der Waals surface area contributed by atoms with Crippen molar-refractivity contribution >= 4 is 16.9 Å². The van der Waals surface area contributed by atoms with E-state index < -0.39 is 0 Å². The molecule has 3 heterocycles. The summed E-state index contributed by atoms with van der Waals surface area (Å²) in [5.74, 6) is 1.83. The maximum absolute atomic E-state index is 5.32. The zero-order valence-corrected chi connectivity index (χ0v) is 11.7.